The summed E-state index contributed by atoms with van der Waals surface area (Å²) in [6, 6.07) is 7.28. The molecule has 1 aromatic rings. The highest BCUT2D eigenvalue weighted by Gasteiger charge is 2.42. The average Bonchev–Trinajstić information content (AvgIpc) is 2.87. The van der Waals surface area contributed by atoms with Gasteiger partial charge in [0.25, 0.3) is 0 Å². The maximum atomic E-state index is 12.6. The van der Waals surface area contributed by atoms with E-state index in [0.717, 1.165) is 36.9 Å². The van der Waals surface area contributed by atoms with Crippen molar-refractivity contribution in [3.05, 3.63) is 29.8 Å². The first-order chi connectivity index (χ1) is 11.6. The molecular weight excluding hydrogens is 306 g/mol. The lowest BCUT2D eigenvalue weighted by Gasteiger charge is -2.18. The monoisotopic (exact) mass is 331 g/mol. The number of hydrogen-bond donors (Lipinski definition) is 0. The molecule has 0 aromatic heterocycles. The first kappa shape index (κ1) is 18.2. The van der Waals surface area contributed by atoms with Crippen LogP contribution in [0.3, 0.4) is 0 Å². The molecule has 2 amide bonds. The second kappa shape index (κ2) is 8.62. The predicted molar refractivity (Wildman–Crippen MR) is 90.4 cm³/mol. The van der Waals surface area contributed by atoms with Crippen LogP contribution >= 0.6 is 0 Å². The summed E-state index contributed by atoms with van der Waals surface area (Å²) in [6.07, 6.45) is 4.68. The van der Waals surface area contributed by atoms with Crippen LogP contribution in [0.15, 0.2) is 24.3 Å². The third-order valence-electron chi connectivity index (χ3n) is 4.61. The van der Waals surface area contributed by atoms with Crippen molar-refractivity contribution in [3.8, 4) is 5.75 Å². The molecule has 1 aromatic carbocycles. The van der Waals surface area contributed by atoms with Gasteiger partial charge in [-0.2, -0.15) is 0 Å². The van der Waals surface area contributed by atoms with Gasteiger partial charge in [-0.1, -0.05) is 38.3 Å². The predicted octanol–water partition coefficient (Wildman–Crippen LogP) is 2.97. The fraction of sp³-hybridized carbons (Fsp3) is 0.526. The molecule has 1 fully saturated rings. The molecule has 2 rings (SSSR count). The zero-order valence-electron chi connectivity index (χ0n) is 14.4. The second-order valence-corrected chi connectivity index (χ2v) is 6.27. The normalized spacial score (nSPS) is 18.8. The maximum Gasteiger partial charge on any atom is 0.233 e. The molecule has 2 unspecified atom stereocenters. The zero-order chi connectivity index (χ0) is 17.5. The number of methoxy groups -OCH3 is 1. The van der Waals surface area contributed by atoms with Crippen molar-refractivity contribution in [2.24, 2.45) is 11.8 Å². The number of aldehydes is 1. The Labute approximate surface area is 143 Å². The third kappa shape index (κ3) is 4.22. The van der Waals surface area contributed by atoms with Gasteiger partial charge in [0.1, 0.15) is 12.0 Å². The molecule has 5 nitrogen and oxygen atoms in total. The largest absolute Gasteiger partial charge is 0.497 e. The Morgan fingerprint density at radius 2 is 1.96 bits per heavy atom. The molecule has 0 aliphatic carbocycles. The van der Waals surface area contributed by atoms with Gasteiger partial charge < -0.3 is 9.53 Å². The number of carbonyl (C=O) groups excluding carboxylic acids is 3. The number of likely N-dealkylation sites (tertiary alicyclic amines) is 1. The summed E-state index contributed by atoms with van der Waals surface area (Å²) in [6.45, 7) is 2.34. The smallest absolute Gasteiger partial charge is 0.233 e. The van der Waals surface area contributed by atoms with Crippen LogP contribution in [-0.2, 0) is 20.9 Å². The van der Waals surface area contributed by atoms with Gasteiger partial charge in [-0.25, -0.2) is 0 Å². The van der Waals surface area contributed by atoms with Gasteiger partial charge in [-0.05, 0) is 24.1 Å². The van der Waals surface area contributed by atoms with Crippen molar-refractivity contribution in [1.29, 1.82) is 0 Å². The number of rotatable bonds is 9. The topological polar surface area (TPSA) is 63.7 Å². The highest BCUT2D eigenvalue weighted by molar-refractivity contribution is 6.04. The summed E-state index contributed by atoms with van der Waals surface area (Å²) in [5, 5.41) is 0. The van der Waals surface area contributed by atoms with Crippen LogP contribution in [0.5, 0.6) is 5.75 Å². The number of ether oxygens (including phenoxy) is 1. The van der Waals surface area contributed by atoms with Crippen LogP contribution in [-0.4, -0.2) is 30.1 Å². The van der Waals surface area contributed by atoms with Gasteiger partial charge in [0, 0.05) is 12.3 Å². The molecule has 1 aliphatic heterocycles. The minimum atomic E-state index is -0.495. The molecule has 5 heteroatoms. The Morgan fingerprint density at radius 3 is 2.54 bits per heavy atom. The van der Waals surface area contributed by atoms with Crippen molar-refractivity contribution < 1.29 is 19.1 Å². The van der Waals surface area contributed by atoms with Crippen LogP contribution in [0.4, 0.5) is 0 Å². The Hall–Kier alpha value is -2.17. The van der Waals surface area contributed by atoms with Crippen molar-refractivity contribution >= 4 is 18.1 Å². The first-order valence-electron chi connectivity index (χ1n) is 8.53. The number of hydrogen-bond acceptors (Lipinski definition) is 4. The highest BCUT2D eigenvalue weighted by Crippen LogP contribution is 2.30. The number of unbranched alkanes of at least 4 members (excludes halogenated alkanes) is 2. The number of benzene rings is 1. The van der Waals surface area contributed by atoms with E-state index in [1.807, 2.05) is 12.1 Å². The van der Waals surface area contributed by atoms with E-state index in [1.54, 1.807) is 19.2 Å². The molecular formula is C19H25NO4. The van der Waals surface area contributed by atoms with Gasteiger partial charge in [-0.3, -0.25) is 14.5 Å². The fourth-order valence-corrected chi connectivity index (χ4v) is 3.12. The van der Waals surface area contributed by atoms with Crippen molar-refractivity contribution in [2.75, 3.05) is 7.11 Å². The van der Waals surface area contributed by atoms with E-state index in [-0.39, 0.29) is 30.7 Å². The van der Waals surface area contributed by atoms with E-state index < -0.39 is 5.92 Å². The van der Waals surface area contributed by atoms with Gasteiger partial charge in [-0.15, -0.1) is 0 Å². The lowest BCUT2D eigenvalue weighted by molar-refractivity contribution is -0.141. The SMILES string of the molecule is CCCCCC(C=O)C1CC(=O)N(Cc2ccc(OC)cc2)C1=O. The van der Waals surface area contributed by atoms with Crippen LogP contribution in [0.1, 0.15) is 44.6 Å². The third-order valence-corrected chi connectivity index (χ3v) is 4.61. The van der Waals surface area contributed by atoms with Crippen LogP contribution in [0.2, 0.25) is 0 Å². The van der Waals surface area contributed by atoms with E-state index >= 15 is 0 Å². The molecule has 1 saturated heterocycles. The van der Waals surface area contributed by atoms with Gasteiger partial charge in [0.05, 0.1) is 19.6 Å². The summed E-state index contributed by atoms with van der Waals surface area (Å²) in [4.78, 5) is 37.5. The average molecular weight is 331 g/mol. The molecule has 2 atom stereocenters. The van der Waals surface area contributed by atoms with Crippen LogP contribution in [0, 0.1) is 11.8 Å². The molecule has 1 heterocycles. The van der Waals surface area contributed by atoms with E-state index in [4.69, 9.17) is 4.74 Å². The molecule has 0 bridgehead atoms. The molecule has 130 valence electrons. The quantitative estimate of drug-likeness (QED) is 0.396. The number of carbonyl (C=O) groups is 3. The van der Waals surface area contributed by atoms with Crippen molar-refractivity contribution in [1.82, 2.24) is 4.90 Å². The van der Waals surface area contributed by atoms with Crippen molar-refractivity contribution in [3.63, 3.8) is 0 Å². The first-order valence-corrected chi connectivity index (χ1v) is 8.53. The van der Waals surface area contributed by atoms with E-state index in [2.05, 4.69) is 6.92 Å². The molecule has 1 aliphatic rings. The van der Waals surface area contributed by atoms with E-state index in [1.165, 1.54) is 4.90 Å². The molecule has 0 radical (unpaired) electrons. The minimum Gasteiger partial charge on any atom is -0.497 e. The molecule has 0 spiro atoms. The maximum absolute atomic E-state index is 12.6. The minimum absolute atomic E-state index is 0.143. The molecule has 0 N–H and O–H groups in total. The molecule has 0 saturated carbocycles. The number of imide groups is 1. The van der Waals surface area contributed by atoms with Gasteiger partial charge in [0.15, 0.2) is 0 Å². The van der Waals surface area contributed by atoms with Crippen LogP contribution < -0.4 is 4.74 Å². The van der Waals surface area contributed by atoms with Gasteiger partial charge >= 0.3 is 0 Å². The lowest BCUT2D eigenvalue weighted by Crippen LogP contribution is -2.32. The van der Waals surface area contributed by atoms with Crippen molar-refractivity contribution in [2.45, 2.75) is 45.6 Å². The lowest BCUT2D eigenvalue weighted by atomic mass is 9.87. The van der Waals surface area contributed by atoms with E-state index in [0.29, 0.717) is 6.42 Å². The van der Waals surface area contributed by atoms with Gasteiger partial charge in [0.2, 0.25) is 11.8 Å². The zero-order valence-corrected chi connectivity index (χ0v) is 14.4. The summed E-state index contributed by atoms with van der Waals surface area (Å²) < 4.78 is 5.10. The summed E-state index contributed by atoms with van der Waals surface area (Å²) in [5.74, 6) is -0.529. The Kier molecular flexibility index (Phi) is 6.53. The fourth-order valence-electron chi connectivity index (χ4n) is 3.12. The van der Waals surface area contributed by atoms with Crippen LogP contribution in [0.25, 0.3) is 0 Å². The standard InChI is InChI=1S/C19H25NO4/c1-3-4-5-6-15(13-21)17-11-18(22)20(19(17)23)12-14-7-9-16(24-2)10-8-14/h7-10,13,15,17H,3-6,11-12H2,1-2H3. The summed E-state index contributed by atoms with van der Waals surface area (Å²) in [7, 11) is 1.59. The Balaban J connectivity index is 2.02. The molecule has 24 heavy (non-hydrogen) atoms. The second-order valence-electron chi connectivity index (χ2n) is 6.27. The summed E-state index contributed by atoms with van der Waals surface area (Å²) in [5.41, 5.74) is 0.867. The highest BCUT2D eigenvalue weighted by atomic mass is 16.5. The Bertz CT molecular complexity index is 582. The number of amides is 2. The van der Waals surface area contributed by atoms with E-state index in [9.17, 15) is 14.4 Å². The summed E-state index contributed by atoms with van der Waals surface area (Å²) >= 11 is 0. The Morgan fingerprint density at radius 1 is 1.25 bits per heavy atom. The number of nitrogens with zero attached hydrogens (tertiary/aromatic N) is 1.